The van der Waals surface area contributed by atoms with Crippen LogP contribution in [0.15, 0.2) is 48.5 Å². The van der Waals surface area contributed by atoms with Gasteiger partial charge < -0.3 is 16.4 Å². The normalized spacial score (nSPS) is 11.4. The highest BCUT2D eigenvalue weighted by atomic mass is 19.1. The second-order valence-corrected chi connectivity index (χ2v) is 5.55. The molecule has 2 rings (SSSR count). The minimum atomic E-state index is -0.919. The molecule has 1 unspecified atom stereocenters. The average molecular weight is 343 g/mol. The van der Waals surface area contributed by atoms with Crippen molar-refractivity contribution < 1.29 is 18.8 Å². The van der Waals surface area contributed by atoms with E-state index in [0.29, 0.717) is 5.56 Å². The van der Waals surface area contributed by atoms with Gasteiger partial charge in [-0.25, -0.2) is 4.39 Å². The highest BCUT2D eigenvalue weighted by Gasteiger charge is 2.15. The summed E-state index contributed by atoms with van der Waals surface area (Å²) in [4.78, 5) is 35.2. The van der Waals surface area contributed by atoms with E-state index < -0.39 is 17.8 Å². The van der Waals surface area contributed by atoms with Crippen LogP contribution in [0, 0.1) is 5.82 Å². The van der Waals surface area contributed by atoms with Crippen molar-refractivity contribution in [2.75, 3.05) is 5.32 Å². The van der Waals surface area contributed by atoms with E-state index in [1.807, 2.05) is 0 Å². The van der Waals surface area contributed by atoms with Crippen LogP contribution in [0.3, 0.4) is 0 Å². The van der Waals surface area contributed by atoms with E-state index >= 15 is 0 Å². The Morgan fingerprint density at radius 2 is 1.80 bits per heavy atom. The van der Waals surface area contributed by atoms with Gasteiger partial charge in [-0.1, -0.05) is 18.2 Å². The minimum absolute atomic E-state index is 0.0157. The van der Waals surface area contributed by atoms with Crippen molar-refractivity contribution in [2.24, 2.45) is 5.73 Å². The van der Waals surface area contributed by atoms with E-state index in [1.165, 1.54) is 12.1 Å². The van der Waals surface area contributed by atoms with Gasteiger partial charge in [-0.05, 0) is 37.3 Å². The highest BCUT2D eigenvalue weighted by molar-refractivity contribution is 5.97. The van der Waals surface area contributed by atoms with E-state index in [0.717, 1.165) is 6.07 Å². The van der Waals surface area contributed by atoms with Gasteiger partial charge in [-0.15, -0.1) is 0 Å². The lowest BCUT2D eigenvalue weighted by atomic mass is 10.1. The molecule has 0 saturated carbocycles. The van der Waals surface area contributed by atoms with Crippen molar-refractivity contribution in [3.63, 3.8) is 0 Å². The SMILES string of the molecule is CC(CC(=O)Nc1ccc(F)c(C(N)=O)c1)NC(=O)c1ccccc1. The Bertz CT molecular complexity index is 793. The largest absolute Gasteiger partial charge is 0.366 e. The Labute approximate surface area is 144 Å². The van der Waals surface area contributed by atoms with E-state index in [1.54, 1.807) is 37.3 Å². The third-order valence-corrected chi connectivity index (χ3v) is 3.42. The molecule has 3 amide bonds. The number of halogens is 1. The van der Waals surface area contributed by atoms with Crippen LogP contribution in [0.1, 0.15) is 34.1 Å². The third kappa shape index (κ3) is 5.13. The molecule has 0 radical (unpaired) electrons. The molecule has 0 spiro atoms. The summed E-state index contributed by atoms with van der Waals surface area (Å²) in [6, 6.07) is 11.8. The fraction of sp³-hybridized carbons (Fsp3) is 0.167. The van der Waals surface area contributed by atoms with Crippen molar-refractivity contribution in [2.45, 2.75) is 19.4 Å². The molecule has 6 nitrogen and oxygen atoms in total. The van der Waals surface area contributed by atoms with Crippen LogP contribution < -0.4 is 16.4 Å². The molecule has 2 aromatic carbocycles. The summed E-state index contributed by atoms with van der Waals surface area (Å²) in [5, 5.41) is 5.26. The number of nitrogens with two attached hydrogens (primary N) is 1. The molecule has 130 valence electrons. The number of benzene rings is 2. The van der Waals surface area contributed by atoms with Crippen LogP contribution >= 0.6 is 0 Å². The number of amides is 3. The fourth-order valence-electron chi connectivity index (χ4n) is 2.23. The molecular formula is C18H18FN3O3. The van der Waals surface area contributed by atoms with Crippen molar-refractivity contribution in [1.82, 2.24) is 5.32 Å². The van der Waals surface area contributed by atoms with Crippen LogP contribution in [-0.2, 0) is 4.79 Å². The Morgan fingerprint density at radius 3 is 2.44 bits per heavy atom. The lowest BCUT2D eigenvalue weighted by molar-refractivity contribution is -0.116. The zero-order valence-corrected chi connectivity index (χ0v) is 13.6. The van der Waals surface area contributed by atoms with Crippen molar-refractivity contribution >= 4 is 23.4 Å². The zero-order chi connectivity index (χ0) is 18.4. The molecule has 0 aromatic heterocycles. The maximum atomic E-state index is 13.4. The second-order valence-electron chi connectivity index (χ2n) is 5.55. The number of anilines is 1. The first-order valence-electron chi connectivity index (χ1n) is 7.62. The second kappa shape index (κ2) is 8.05. The van der Waals surface area contributed by atoms with Gasteiger partial charge in [-0.2, -0.15) is 0 Å². The number of primary amides is 1. The van der Waals surface area contributed by atoms with Gasteiger partial charge in [0.1, 0.15) is 5.82 Å². The predicted molar refractivity (Wildman–Crippen MR) is 91.5 cm³/mol. The lowest BCUT2D eigenvalue weighted by Gasteiger charge is -2.14. The summed E-state index contributed by atoms with van der Waals surface area (Å²) in [7, 11) is 0. The van der Waals surface area contributed by atoms with Crippen LogP contribution in [0.2, 0.25) is 0 Å². The molecule has 7 heteroatoms. The zero-order valence-electron chi connectivity index (χ0n) is 13.6. The Kier molecular flexibility index (Phi) is 5.84. The van der Waals surface area contributed by atoms with Gasteiger partial charge in [0.2, 0.25) is 5.91 Å². The maximum Gasteiger partial charge on any atom is 0.251 e. The van der Waals surface area contributed by atoms with Gasteiger partial charge >= 0.3 is 0 Å². The first kappa shape index (κ1) is 18.1. The maximum absolute atomic E-state index is 13.4. The van der Waals surface area contributed by atoms with Gasteiger partial charge in [0.05, 0.1) is 5.56 Å². The lowest BCUT2D eigenvalue weighted by Crippen LogP contribution is -2.35. The van der Waals surface area contributed by atoms with Crippen LogP contribution in [0.25, 0.3) is 0 Å². The fourth-order valence-corrected chi connectivity index (χ4v) is 2.23. The molecule has 0 saturated heterocycles. The Hall–Kier alpha value is -3.22. The van der Waals surface area contributed by atoms with Gasteiger partial charge in [0, 0.05) is 23.7 Å². The summed E-state index contributed by atoms with van der Waals surface area (Å²) in [6.07, 6.45) is 0.0157. The molecule has 4 N–H and O–H groups in total. The van der Waals surface area contributed by atoms with Crippen LogP contribution in [0.5, 0.6) is 0 Å². The molecule has 0 bridgehead atoms. The minimum Gasteiger partial charge on any atom is -0.366 e. The average Bonchev–Trinajstić information content (AvgIpc) is 2.56. The Balaban J connectivity index is 1.92. The predicted octanol–water partition coefficient (Wildman–Crippen LogP) is 2.07. The summed E-state index contributed by atoms with van der Waals surface area (Å²) in [5.74, 6) is -2.34. The van der Waals surface area contributed by atoms with Crippen molar-refractivity contribution in [3.8, 4) is 0 Å². The van der Waals surface area contributed by atoms with Gasteiger partial charge in [0.15, 0.2) is 0 Å². The molecule has 25 heavy (non-hydrogen) atoms. The quantitative estimate of drug-likeness (QED) is 0.748. The van der Waals surface area contributed by atoms with Crippen LogP contribution in [-0.4, -0.2) is 23.8 Å². The number of carbonyl (C=O) groups excluding carboxylic acids is 3. The standard InChI is InChI=1S/C18H18FN3O3/c1-11(21-18(25)12-5-3-2-4-6-12)9-16(23)22-13-7-8-15(19)14(10-13)17(20)24/h2-8,10-11H,9H2,1H3,(H2,20,24)(H,21,25)(H,22,23). The number of hydrogen-bond donors (Lipinski definition) is 3. The number of rotatable bonds is 6. The molecule has 0 aliphatic rings. The van der Waals surface area contributed by atoms with Crippen molar-refractivity contribution in [3.05, 3.63) is 65.5 Å². The monoisotopic (exact) mass is 343 g/mol. The molecular weight excluding hydrogens is 325 g/mol. The van der Waals surface area contributed by atoms with E-state index in [-0.39, 0.29) is 29.5 Å². The number of nitrogens with one attached hydrogen (secondary N) is 2. The molecule has 0 aliphatic carbocycles. The van der Waals surface area contributed by atoms with Gasteiger partial charge in [0.25, 0.3) is 11.8 Å². The van der Waals surface area contributed by atoms with Crippen molar-refractivity contribution in [1.29, 1.82) is 0 Å². The van der Waals surface area contributed by atoms with E-state index in [2.05, 4.69) is 10.6 Å². The van der Waals surface area contributed by atoms with E-state index in [9.17, 15) is 18.8 Å². The smallest absolute Gasteiger partial charge is 0.251 e. The van der Waals surface area contributed by atoms with E-state index in [4.69, 9.17) is 5.73 Å². The Morgan fingerprint density at radius 1 is 1.12 bits per heavy atom. The first-order valence-corrected chi connectivity index (χ1v) is 7.62. The van der Waals surface area contributed by atoms with Gasteiger partial charge in [-0.3, -0.25) is 14.4 Å². The molecule has 0 fully saturated rings. The first-order chi connectivity index (χ1) is 11.9. The summed E-state index contributed by atoms with van der Waals surface area (Å²) in [5.41, 5.74) is 5.51. The topological polar surface area (TPSA) is 101 Å². The summed E-state index contributed by atoms with van der Waals surface area (Å²) in [6.45, 7) is 1.69. The van der Waals surface area contributed by atoms with Crippen LogP contribution in [0.4, 0.5) is 10.1 Å². The summed E-state index contributed by atoms with van der Waals surface area (Å²) < 4.78 is 13.4. The summed E-state index contributed by atoms with van der Waals surface area (Å²) >= 11 is 0. The molecule has 1 atom stereocenters. The number of carbonyl (C=O) groups is 3. The number of hydrogen-bond acceptors (Lipinski definition) is 3. The highest BCUT2D eigenvalue weighted by Crippen LogP contribution is 2.15. The molecule has 0 heterocycles. The molecule has 0 aliphatic heterocycles. The third-order valence-electron chi connectivity index (χ3n) is 3.42. The molecule has 2 aromatic rings.